The molecule has 1 heterocycles. The lowest BCUT2D eigenvalue weighted by atomic mass is 10.2. The first-order chi connectivity index (χ1) is 8.00. The molecule has 0 atom stereocenters. The van der Waals surface area contributed by atoms with Crippen LogP contribution >= 0.6 is 23.8 Å². The molecule has 0 aliphatic rings. The number of nitrogens with zero attached hydrogens (tertiary/aromatic N) is 2. The van der Waals surface area contributed by atoms with Crippen molar-refractivity contribution in [2.75, 3.05) is 0 Å². The van der Waals surface area contributed by atoms with Crippen LogP contribution in [0.5, 0.6) is 0 Å². The number of halogens is 1. The quantitative estimate of drug-likeness (QED) is 0.834. The van der Waals surface area contributed by atoms with Gasteiger partial charge < -0.3 is 0 Å². The molecule has 3 nitrogen and oxygen atoms in total. The molecule has 0 aliphatic heterocycles. The van der Waals surface area contributed by atoms with Crippen LogP contribution in [0.25, 0.3) is 5.69 Å². The van der Waals surface area contributed by atoms with Gasteiger partial charge in [-0.05, 0) is 36.8 Å². The monoisotopic (exact) mass is 267 g/mol. The standard InChI is InChI=1S/C12H14ClN3S/c1-7(2)11-14-15-12(17)16(11)9-5-4-8(3)10(13)6-9/h4-7H,1-3H3,(H,15,17). The largest absolute Gasteiger partial charge is 0.272 e. The molecule has 1 aromatic heterocycles. The minimum atomic E-state index is 0.294. The van der Waals surface area contributed by atoms with Gasteiger partial charge in [0.05, 0.1) is 5.69 Å². The van der Waals surface area contributed by atoms with Gasteiger partial charge in [-0.2, -0.15) is 5.10 Å². The van der Waals surface area contributed by atoms with E-state index >= 15 is 0 Å². The smallest absolute Gasteiger partial charge is 0.199 e. The second-order valence-electron chi connectivity index (χ2n) is 4.31. The van der Waals surface area contributed by atoms with E-state index in [1.54, 1.807) is 0 Å². The predicted molar refractivity (Wildman–Crippen MR) is 72.6 cm³/mol. The highest BCUT2D eigenvalue weighted by atomic mass is 35.5. The Kier molecular flexibility index (Phi) is 3.35. The molecule has 0 bridgehead atoms. The normalized spacial score (nSPS) is 11.1. The highest BCUT2D eigenvalue weighted by molar-refractivity contribution is 7.71. The zero-order chi connectivity index (χ0) is 12.6. The van der Waals surface area contributed by atoms with Crippen molar-refractivity contribution in [3.63, 3.8) is 0 Å². The van der Waals surface area contributed by atoms with Gasteiger partial charge in [0.1, 0.15) is 5.82 Å². The van der Waals surface area contributed by atoms with Crippen molar-refractivity contribution < 1.29 is 0 Å². The molecule has 0 unspecified atom stereocenters. The Bertz CT molecular complexity index is 598. The Hall–Kier alpha value is -1.13. The number of hydrogen-bond donors (Lipinski definition) is 1. The molecule has 2 aromatic rings. The molecule has 90 valence electrons. The Morgan fingerprint density at radius 2 is 2.12 bits per heavy atom. The van der Waals surface area contributed by atoms with E-state index in [0.717, 1.165) is 22.1 Å². The van der Waals surface area contributed by atoms with Crippen LogP contribution in [0.1, 0.15) is 31.2 Å². The van der Waals surface area contributed by atoms with E-state index in [9.17, 15) is 0 Å². The van der Waals surface area contributed by atoms with Gasteiger partial charge in [0, 0.05) is 10.9 Å². The molecule has 0 fully saturated rings. The Morgan fingerprint density at radius 1 is 1.41 bits per heavy atom. The first kappa shape index (κ1) is 12.3. The van der Waals surface area contributed by atoms with Crippen LogP contribution in [-0.2, 0) is 0 Å². The number of hydrogen-bond acceptors (Lipinski definition) is 2. The van der Waals surface area contributed by atoms with Crippen molar-refractivity contribution in [3.05, 3.63) is 39.4 Å². The van der Waals surface area contributed by atoms with Gasteiger partial charge in [-0.25, -0.2) is 0 Å². The van der Waals surface area contributed by atoms with Crippen LogP contribution in [0.2, 0.25) is 5.02 Å². The molecular formula is C12H14ClN3S. The van der Waals surface area contributed by atoms with Gasteiger partial charge >= 0.3 is 0 Å². The molecule has 0 spiro atoms. The Balaban J connectivity index is 2.63. The van der Waals surface area contributed by atoms with E-state index in [1.807, 2.05) is 29.7 Å². The number of H-pyrrole nitrogens is 1. The summed E-state index contributed by atoms with van der Waals surface area (Å²) in [6.07, 6.45) is 0. The minimum absolute atomic E-state index is 0.294. The molecule has 0 radical (unpaired) electrons. The summed E-state index contributed by atoms with van der Waals surface area (Å²) in [6.45, 7) is 6.14. The molecule has 0 saturated carbocycles. The van der Waals surface area contributed by atoms with Crippen molar-refractivity contribution in [3.8, 4) is 5.69 Å². The highest BCUT2D eigenvalue weighted by Gasteiger charge is 2.12. The highest BCUT2D eigenvalue weighted by Crippen LogP contribution is 2.22. The van der Waals surface area contributed by atoms with Crippen molar-refractivity contribution in [1.82, 2.24) is 14.8 Å². The maximum Gasteiger partial charge on any atom is 0.199 e. The maximum absolute atomic E-state index is 6.14. The number of aromatic amines is 1. The topological polar surface area (TPSA) is 33.6 Å². The first-order valence-corrected chi connectivity index (χ1v) is 6.23. The number of aromatic nitrogens is 3. The van der Waals surface area contributed by atoms with Gasteiger partial charge in [-0.3, -0.25) is 9.67 Å². The zero-order valence-electron chi connectivity index (χ0n) is 9.99. The van der Waals surface area contributed by atoms with Crippen LogP contribution in [0.15, 0.2) is 18.2 Å². The summed E-state index contributed by atoms with van der Waals surface area (Å²) >= 11 is 11.4. The molecule has 2 rings (SSSR count). The third-order valence-electron chi connectivity index (χ3n) is 2.63. The molecule has 1 N–H and O–H groups in total. The van der Waals surface area contributed by atoms with Gasteiger partial charge in [0.25, 0.3) is 0 Å². The van der Waals surface area contributed by atoms with Gasteiger partial charge in [0.2, 0.25) is 0 Å². The second kappa shape index (κ2) is 4.63. The molecule has 0 aliphatic carbocycles. The lowest BCUT2D eigenvalue weighted by Gasteiger charge is -2.10. The summed E-state index contributed by atoms with van der Waals surface area (Å²) in [5, 5.41) is 7.81. The van der Waals surface area contributed by atoms with Crippen LogP contribution in [0, 0.1) is 11.7 Å². The van der Waals surface area contributed by atoms with E-state index < -0.39 is 0 Å². The van der Waals surface area contributed by atoms with Crippen LogP contribution < -0.4 is 0 Å². The summed E-state index contributed by atoms with van der Waals surface area (Å²) in [6, 6.07) is 5.89. The van der Waals surface area contributed by atoms with Crippen molar-refractivity contribution in [1.29, 1.82) is 0 Å². The molecule has 5 heteroatoms. The average Bonchev–Trinajstić information content (AvgIpc) is 2.64. The summed E-state index contributed by atoms with van der Waals surface area (Å²) in [7, 11) is 0. The van der Waals surface area contributed by atoms with Gasteiger partial charge in [0.15, 0.2) is 4.77 Å². The number of nitrogens with one attached hydrogen (secondary N) is 1. The van der Waals surface area contributed by atoms with Crippen LogP contribution in [0.3, 0.4) is 0 Å². The first-order valence-electron chi connectivity index (χ1n) is 5.44. The van der Waals surface area contributed by atoms with Crippen molar-refractivity contribution >= 4 is 23.8 Å². The summed E-state index contributed by atoms with van der Waals surface area (Å²) in [5.74, 6) is 1.21. The van der Waals surface area contributed by atoms with E-state index in [-0.39, 0.29) is 0 Å². The summed E-state index contributed by atoms with van der Waals surface area (Å²) in [5.41, 5.74) is 2.00. The van der Waals surface area contributed by atoms with Crippen LogP contribution in [-0.4, -0.2) is 14.8 Å². The molecule has 1 aromatic carbocycles. The fourth-order valence-electron chi connectivity index (χ4n) is 1.67. The summed E-state index contributed by atoms with van der Waals surface area (Å²) < 4.78 is 2.51. The predicted octanol–water partition coefficient (Wildman–Crippen LogP) is 4.02. The fourth-order valence-corrected chi connectivity index (χ4v) is 2.09. The molecular weight excluding hydrogens is 254 g/mol. The number of aryl methyl sites for hydroxylation is 1. The molecule has 0 saturated heterocycles. The van der Waals surface area contributed by atoms with Crippen molar-refractivity contribution in [2.24, 2.45) is 0 Å². The number of benzene rings is 1. The average molecular weight is 268 g/mol. The van der Waals surface area contributed by atoms with E-state index in [2.05, 4.69) is 24.0 Å². The fraction of sp³-hybridized carbons (Fsp3) is 0.333. The van der Waals surface area contributed by atoms with Gasteiger partial charge in [-0.1, -0.05) is 31.5 Å². The second-order valence-corrected chi connectivity index (χ2v) is 5.10. The third kappa shape index (κ3) is 2.28. The lowest BCUT2D eigenvalue weighted by molar-refractivity contribution is 0.744. The third-order valence-corrected chi connectivity index (χ3v) is 3.31. The Morgan fingerprint density at radius 3 is 2.71 bits per heavy atom. The van der Waals surface area contributed by atoms with Crippen molar-refractivity contribution in [2.45, 2.75) is 26.7 Å². The summed E-state index contributed by atoms with van der Waals surface area (Å²) in [4.78, 5) is 0. The lowest BCUT2D eigenvalue weighted by Crippen LogP contribution is -2.03. The molecule has 17 heavy (non-hydrogen) atoms. The molecule has 0 amide bonds. The zero-order valence-corrected chi connectivity index (χ0v) is 11.6. The van der Waals surface area contributed by atoms with E-state index in [4.69, 9.17) is 23.8 Å². The SMILES string of the molecule is Cc1ccc(-n2c(C(C)C)n[nH]c2=S)cc1Cl. The maximum atomic E-state index is 6.14. The van der Waals surface area contributed by atoms with Crippen LogP contribution in [0.4, 0.5) is 0 Å². The van der Waals surface area contributed by atoms with E-state index in [1.165, 1.54) is 0 Å². The Labute approximate surface area is 110 Å². The van der Waals surface area contributed by atoms with E-state index in [0.29, 0.717) is 10.7 Å². The number of rotatable bonds is 2. The minimum Gasteiger partial charge on any atom is -0.272 e. The van der Waals surface area contributed by atoms with Gasteiger partial charge in [-0.15, -0.1) is 0 Å².